The molecule has 0 saturated carbocycles. The van der Waals surface area contributed by atoms with Gasteiger partial charge >= 0.3 is 0 Å². The lowest BCUT2D eigenvalue weighted by molar-refractivity contribution is -0.0114. The normalized spacial score (nSPS) is 11.9. The second kappa shape index (κ2) is 4.14. The summed E-state index contributed by atoms with van der Waals surface area (Å²) in [5.74, 6) is -8.49. The number of rotatable bonds is 3. The van der Waals surface area contributed by atoms with E-state index in [1.54, 1.807) is 0 Å². The molecule has 0 saturated heterocycles. The lowest BCUT2D eigenvalue weighted by Crippen LogP contribution is -2.19. The van der Waals surface area contributed by atoms with Crippen LogP contribution in [0.4, 0.5) is 22.0 Å². The van der Waals surface area contributed by atoms with Gasteiger partial charge in [0.05, 0.1) is 0 Å². The molecule has 15 heavy (non-hydrogen) atoms. The van der Waals surface area contributed by atoms with Crippen molar-refractivity contribution in [2.45, 2.75) is 12.3 Å². The first kappa shape index (κ1) is 11.9. The summed E-state index contributed by atoms with van der Waals surface area (Å²) in [6.07, 6.45) is -0.752. The zero-order chi connectivity index (χ0) is 11.6. The summed E-state index contributed by atoms with van der Waals surface area (Å²) >= 11 is 0. The highest BCUT2D eigenvalue weighted by Crippen LogP contribution is 2.32. The molecule has 0 fully saturated rings. The minimum Gasteiger partial charge on any atom is -0.330 e. The van der Waals surface area contributed by atoms with Crippen molar-refractivity contribution in [3.63, 3.8) is 0 Å². The van der Waals surface area contributed by atoms with Gasteiger partial charge in [0.25, 0.3) is 5.92 Å². The molecule has 0 spiro atoms. The Morgan fingerprint density at radius 3 is 1.93 bits per heavy atom. The van der Waals surface area contributed by atoms with E-state index >= 15 is 0 Å². The highest BCUT2D eigenvalue weighted by atomic mass is 19.3. The van der Waals surface area contributed by atoms with Crippen molar-refractivity contribution < 1.29 is 22.0 Å². The Balaban J connectivity index is 3.16. The van der Waals surface area contributed by atoms with Crippen molar-refractivity contribution in [3.8, 4) is 0 Å². The molecule has 6 heteroatoms. The van der Waals surface area contributed by atoms with E-state index in [0.717, 1.165) is 0 Å². The van der Waals surface area contributed by atoms with Crippen LogP contribution in [0.3, 0.4) is 0 Å². The Morgan fingerprint density at radius 1 is 1.07 bits per heavy atom. The summed E-state index contributed by atoms with van der Waals surface area (Å²) < 4.78 is 64.0. The van der Waals surface area contributed by atoms with Gasteiger partial charge in [-0.05, 0) is 18.7 Å². The van der Waals surface area contributed by atoms with Gasteiger partial charge in [0, 0.05) is 12.0 Å². The summed E-state index contributed by atoms with van der Waals surface area (Å²) in [5.41, 5.74) is 4.00. The number of hydrogen-bond donors (Lipinski definition) is 1. The fourth-order valence-corrected chi connectivity index (χ4v) is 1.09. The Bertz CT molecular complexity index is 341. The van der Waals surface area contributed by atoms with E-state index in [2.05, 4.69) is 0 Å². The lowest BCUT2D eigenvalue weighted by atomic mass is 10.1. The average molecular weight is 225 g/mol. The SMILES string of the molecule is NCCC(F)(F)c1cc(F)c(F)c(F)c1. The molecule has 1 aromatic carbocycles. The Morgan fingerprint density at radius 2 is 1.53 bits per heavy atom. The molecule has 0 aliphatic rings. The summed E-state index contributed by atoms with van der Waals surface area (Å²) in [6.45, 7) is -0.340. The van der Waals surface area contributed by atoms with Crippen molar-refractivity contribution >= 4 is 0 Å². The molecular formula is C9H8F5N. The molecule has 0 radical (unpaired) electrons. The van der Waals surface area contributed by atoms with E-state index < -0.39 is 35.4 Å². The van der Waals surface area contributed by atoms with Gasteiger partial charge in [0.1, 0.15) is 0 Å². The molecule has 1 aromatic rings. The van der Waals surface area contributed by atoms with Gasteiger partial charge in [-0.15, -0.1) is 0 Å². The van der Waals surface area contributed by atoms with Crippen LogP contribution in [-0.2, 0) is 5.92 Å². The van der Waals surface area contributed by atoms with E-state index in [0.29, 0.717) is 0 Å². The van der Waals surface area contributed by atoms with Crippen LogP contribution >= 0.6 is 0 Å². The maximum atomic E-state index is 13.1. The van der Waals surface area contributed by atoms with Gasteiger partial charge in [-0.3, -0.25) is 0 Å². The Labute approximate surface area is 82.7 Å². The van der Waals surface area contributed by atoms with E-state index in [1.165, 1.54) is 0 Å². The summed E-state index contributed by atoms with van der Waals surface area (Å²) in [7, 11) is 0. The van der Waals surface area contributed by atoms with Crippen molar-refractivity contribution in [1.29, 1.82) is 0 Å². The number of hydrogen-bond acceptors (Lipinski definition) is 1. The predicted octanol–water partition coefficient (Wildman–Crippen LogP) is 2.54. The second-order valence-corrected chi connectivity index (χ2v) is 3.00. The lowest BCUT2D eigenvalue weighted by Gasteiger charge is -2.15. The molecule has 0 bridgehead atoms. The van der Waals surface area contributed by atoms with Gasteiger partial charge in [-0.1, -0.05) is 0 Å². The van der Waals surface area contributed by atoms with E-state index in [-0.39, 0.29) is 18.7 Å². The third-order valence-corrected chi connectivity index (χ3v) is 1.86. The van der Waals surface area contributed by atoms with Crippen LogP contribution in [0.25, 0.3) is 0 Å². The quantitative estimate of drug-likeness (QED) is 0.620. The zero-order valence-electron chi connectivity index (χ0n) is 7.54. The molecule has 0 aliphatic carbocycles. The molecular weight excluding hydrogens is 217 g/mol. The van der Waals surface area contributed by atoms with Crippen molar-refractivity contribution in [2.24, 2.45) is 5.73 Å². The fourth-order valence-electron chi connectivity index (χ4n) is 1.09. The standard InChI is InChI=1S/C9H8F5N/c10-6-3-5(4-7(11)8(6)12)9(13,14)1-2-15/h3-4H,1-2,15H2. The molecule has 0 heterocycles. The molecule has 0 aliphatic heterocycles. The van der Waals surface area contributed by atoms with E-state index in [9.17, 15) is 22.0 Å². The molecule has 0 unspecified atom stereocenters. The van der Waals surface area contributed by atoms with Crippen LogP contribution < -0.4 is 5.73 Å². The highest BCUT2D eigenvalue weighted by molar-refractivity contribution is 5.23. The molecule has 2 N–H and O–H groups in total. The largest absolute Gasteiger partial charge is 0.330 e. The zero-order valence-corrected chi connectivity index (χ0v) is 7.54. The van der Waals surface area contributed by atoms with Crippen LogP contribution in [0.5, 0.6) is 0 Å². The van der Waals surface area contributed by atoms with Gasteiger partial charge in [0.2, 0.25) is 0 Å². The minimum absolute atomic E-state index is 0.272. The third kappa shape index (κ3) is 2.44. The maximum absolute atomic E-state index is 13.1. The van der Waals surface area contributed by atoms with Crippen LogP contribution in [0.1, 0.15) is 12.0 Å². The van der Waals surface area contributed by atoms with E-state index in [4.69, 9.17) is 5.73 Å². The first-order valence-corrected chi connectivity index (χ1v) is 4.11. The smallest absolute Gasteiger partial charge is 0.274 e. The molecule has 1 rings (SSSR count). The minimum atomic E-state index is -3.45. The highest BCUT2D eigenvalue weighted by Gasteiger charge is 2.32. The van der Waals surface area contributed by atoms with Gasteiger partial charge in [0.15, 0.2) is 17.5 Å². The molecule has 0 aromatic heterocycles. The van der Waals surface area contributed by atoms with E-state index in [1.807, 2.05) is 0 Å². The van der Waals surface area contributed by atoms with Crippen molar-refractivity contribution in [1.82, 2.24) is 0 Å². The molecule has 0 amide bonds. The maximum Gasteiger partial charge on any atom is 0.274 e. The van der Waals surface area contributed by atoms with Crippen LogP contribution in [0.15, 0.2) is 12.1 Å². The number of benzene rings is 1. The Kier molecular flexibility index (Phi) is 3.28. The summed E-state index contributed by atoms with van der Waals surface area (Å²) in [6, 6.07) is 0.544. The van der Waals surface area contributed by atoms with Gasteiger partial charge in [-0.25, -0.2) is 22.0 Å². The molecule has 84 valence electrons. The van der Waals surface area contributed by atoms with Crippen molar-refractivity contribution in [3.05, 3.63) is 35.1 Å². The number of halogens is 5. The third-order valence-electron chi connectivity index (χ3n) is 1.86. The van der Waals surface area contributed by atoms with Crippen LogP contribution in [0.2, 0.25) is 0 Å². The second-order valence-electron chi connectivity index (χ2n) is 3.00. The van der Waals surface area contributed by atoms with Gasteiger partial charge < -0.3 is 5.73 Å². The van der Waals surface area contributed by atoms with Crippen LogP contribution in [-0.4, -0.2) is 6.54 Å². The summed E-state index contributed by atoms with van der Waals surface area (Å²) in [5, 5.41) is 0. The number of nitrogens with two attached hydrogens (primary N) is 1. The molecule has 0 atom stereocenters. The van der Waals surface area contributed by atoms with Crippen molar-refractivity contribution in [2.75, 3.05) is 6.54 Å². The first-order chi connectivity index (χ1) is 6.88. The first-order valence-electron chi connectivity index (χ1n) is 4.11. The van der Waals surface area contributed by atoms with Crippen LogP contribution in [0, 0.1) is 17.5 Å². The predicted molar refractivity (Wildman–Crippen MR) is 43.9 cm³/mol. The monoisotopic (exact) mass is 225 g/mol. The number of alkyl halides is 2. The Hall–Kier alpha value is -1.17. The van der Waals surface area contributed by atoms with Gasteiger partial charge in [-0.2, -0.15) is 0 Å². The average Bonchev–Trinajstić information content (AvgIpc) is 2.13. The topological polar surface area (TPSA) is 26.0 Å². The molecule has 1 nitrogen and oxygen atoms in total. The summed E-state index contributed by atoms with van der Waals surface area (Å²) in [4.78, 5) is 0. The fraction of sp³-hybridized carbons (Fsp3) is 0.333.